The standard InChI is InChI=1S/C8H6ClNS2/c9-5-1-4-2-8(11)12-7(4)3-6(5)10/h1-3,11H,10H2. The number of thiol groups is 1. The number of halogens is 1. The predicted octanol–water partition coefficient (Wildman–Crippen LogP) is 3.43. The van der Waals surface area contributed by atoms with Crippen LogP contribution in [-0.2, 0) is 0 Å². The van der Waals surface area contributed by atoms with Gasteiger partial charge >= 0.3 is 0 Å². The molecule has 0 aliphatic rings. The van der Waals surface area contributed by atoms with Crippen LogP contribution >= 0.6 is 35.6 Å². The molecule has 0 unspecified atom stereocenters. The molecule has 62 valence electrons. The molecule has 0 aliphatic heterocycles. The van der Waals surface area contributed by atoms with Crippen molar-refractivity contribution < 1.29 is 0 Å². The highest BCUT2D eigenvalue weighted by molar-refractivity contribution is 7.83. The first-order valence-electron chi connectivity index (χ1n) is 3.34. The minimum absolute atomic E-state index is 0.605. The van der Waals surface area contributed by atoms with Crippen LogP contribution < -0.4 is 5.73 Å². The van der Waals surface area contributed by atoms with Crippen LogP contribution in [0.1, 0.15) is 0 Å². The topological polar surface area (TPSA) is 26.0 Å². The van der Waals surface area contributed by atoms with Crippen LogP contribution in [0.2, 0.25) is 5.02 Å². The zero-order valence-corrected chi connectivity index (χ0v) is 8.51. The second-order valence-electron chi connectivity index (χ2n) is 2.50. The summed E-state index contributed by atoms with van der Waals surface area (Å²) in [4.78, 5) is 0. The lowest BCUT2D eigenvalue weighted by atomic mass is 10.2. The van der Waals surface area contributed by atoms with Gasteiger partial charge in [0.05, 0.1) is 14.9 Å². The van der Waals surface area contributed by atoms with Gasteiger partial charge in [-0.1, -0.05) is 11.6 Å². The van der Waals surface area contributed by atoms with Crippen molar-refractivity contribution in [1.82, 2.24) is 0 Å². The number of nitrogens with two attached hydrogens (primary N) is 1. The molecule has 0 saturated heterocycles. The Labute approximate surface area is 84.6 Å². The minimum atomic E-state index is 0.605. The summed E-state index contributed by atoms with van der Waals surface area (Å²) in [5, 5.41) is 1.71. The molecule has 2 aromatic rings. The molecular weight excluding hydrogens is 210 g/mol. The van der Waals surface area contributed by atoms with Gasteiger partial charge in [-0.15, -0.1) is 24.0 Å². The van der Waals surface area contributed by atoms with Crippen LogP contribution in [-0.4, -0.2) is 0 Å². The van der Waals surface area contributed by atoms with E-state index in [0.29, 0.717) is 10.7 Å². The van der Waals surface area contributed by atoms with E-state index in [4.69, 9.17) is 17.3 Å². The quantitative estimate of drug-likeness (QED) is 0.511. The second-order valence-corrected chi connectivity index (χ2v) is 4.77. The lowest BCUT2D eigenvalue weighted by molar-refractivity contribution is 1.75. The molecule has 0 bridgehead atoms. The average molecular weight is 216 g/mol. The minimum Gasteiger partial charge on any atom is -0.397 e. The van der Waals surface area contributed by atoms with Gasteiger partial charge in [0.25, 0.3) is 0 Å². The smallest absolute Gasteiger partial charge is 0.0642 e. The lowest BCUT2D eigenvalue weighted by Gasteiger charge is -1.95. The normalized spacial score (nSPS) is 10.8. The third kappa shape index (κ3) is 1.28. The maximum atomic E-state index is 5.85. The van der Waals surface area contributed by atoms with Gasteiger partial charge < -0.3 is 5.73 Å². The fourth-order valence-corrected chi connectivity index (χ4v) is 2.50. The summed E-state index contributed by atoms with van der Waals surface area (Å²) in [5.41, 5.74) is 6.27. The SMILES string of the molecule is Nc1cc2sc(S)cc2cc1Cl. The average Bonchev–Trinajstić information content (AvgIpc) is 2.30. The molecule has 0 radical (unpaired) electrons. The maximum Gasteiger partial charge on any atom is 0.0642 e. The molecule has 2 N–H and O–H groups in total. The number of benzene rings is 1. The van der Waals surface area contributed by atoms with Crippen LogP contribution in [0.4, 0.5) is 5.69 Å². The molecule has 0 aliphatic carbocycles. The molecule has 1 aromatic heterocycles. The molecule has 0 amide bonds. The molecule has 1 heterocycles. The number of hydrogen-bond acceptors (Lipinski definition) is 3. The Kier molecular flexibility index (Phi) is 1.94. The first-order chi connectivity index (χ1) is 5.66. The van der Waals surface area contributed by atoms with Gasteiger partial charge in [0.1, 0.15) is 0 Å². The van der Waals surface area contributed by atoms with Crippen molar-refractivity contribution in [1.29, 1.82) is 0 Å². The predicted molar refractivity (Wildman–Crippen MR) is 58.5 cm³/mol. The Morgan fingerprint density at radius 3 is 2.83 bits per heavy atom. The molecule has 0 atom stereocenters. The summed E-state index contributed by atoms with van der Waals surface area (Å²) in [6.07, 6.45) is 0. The van der Waals surface area contributed by atoms with E-state index in [2.05, 4.69) is 12.6 Å². The van der Waals surface area contributed by atoms with E-state index < -0.39 is 0 Å². The van der Waals surface area contributed by atoms with Gasteiger partial charge in [0.15, 0.2) is 0 Å². The lowest BCUT2D eigenvalue weighted by Crippen LogP contribution is -1.83. The Bertz CT molecular complexity index is 397. The molecule has 0 saturated carbocycles. The highest BCUT2D eigenvalue weighted by Crippen LogP contribution is 2.33. The summed E-state index contributed by atoms with van der Waals surface area (Å²) in [7, 11) is 0. The van der Waals surface area contributed by atoms with E-state index in [1.807, 2.05) is 18.2 Å². The molecule has 1 nitrogen and oxygen atoms in total. The molecule has 4 heteroatoms. The Balaban J connectivity index is 2.83. The summed E-state index contributed by atoms with van der Waals surface area (Å²) >= 11 is 11.7. The van der Waals surface area contributed by atoms with Crippen molar-refractivity contribution in [2.75, 3.05) is 5.73 Å². The van der Waals surface area contributed by atoms with Crippen LogP contribution in [0.25, 0.3) is 10.1 Å². The van der Waals surface area contributed by atoms with E-state index in [1.54, 1.807) is 11.3 Å². The van der Waals surface area contributed by atoms with Crippen molar-refractivity contribution >= 4 is 51.3 Å². The molecule has 0 spiro atoms. The Morgan fingerprint density at radius 2 is 2.08 bits per heavy atom. The van der Waals surface area contributed by atoms with Crippen LogP contribution in [0.5, 0.6) is 0 Å². The van der Waals surface area contributed by atoms with E-state index in [9.17, 15) is 0 Å². The third-order valence-corrected chi connectivity index (χ3v) is 3.25. The van der Waals surface area contributed by atoms with Crippen molar-refractivity contribution in [3.05, 3.63) is 23.2 Å². The van der Waals surface area contributed by atoms with Crippen molar-refractivity contribution in [2.24, 2.45) is 0 Å². The van der Waals surface area contributed by atoms with E-state index in [1.165, 1.54) is 0 Å². The van der Waals surface area contributed by atoms with Gasteiger partial charge in [0.2, 0.25) is 0 Å². The number of hydrogen-bond donors (Lipinski definition) is 2. The van der Waals surface area contributed by atoms with Crippen molar-refractivity contribution in [2.45, 2.75) is 4.21 Å². The summed E-state index contributed by atoms with van der Waals surface area (Å²) in [5.74, 6) is 0. The van der Waals surface area contributed by atoms with Crippen molar-refractivity contribution in [3.8, 4) is 0 Å². The van der Waals surface area contributed by atoms with Crippen molar-refractivity contribution in [3.63, 3.8) is 0 Å². The highest BCUT2D eigenvalue weighted by atomic mass is 35.5. The van der Waals surface area contributed by atoms with Gasteiger partial charge in [-0.3, -0.25) is 0 Å². The van der Waals surface area contributed by atoms with Crippen LogP contribution in [0.15, 0.2) is 22.4 Å². The Hall–Kier alpha value is -0.380. The summed E-state index contributed by atoms with van der Waals surface area (Å²) in [6, 6.07) is 5.72. The molecular formula is C8H6ClNS2. The van der Waals surface area contributed by atoms with E-state index >= 15 is 0 Å². The number of nitrogen functional groups attached to an aromatic ring is 1. The largest absolute Gasteiger partial charge is 0.397 e. The number of fused-ring (bicyclic) bond motifs is 1. The van der Waals surface area contributed by atoms with E-state index in [-0.39, 0.29) is 0 Å². The van der Waals surface area contributed by atoms with Crippen LogP contribution in [0.3, 0.4) is 0 Å². The number of anilines is 1. The maximum absolute atomic E-state index is 5.85. The fraction of sp³-hybridized carbons (Fsp3) is 0. The molecule has 0 fully saturated rings. The number of rotatable bonds is 0. The monoisotopic (exact) mass is 215 g/mol. The van der Waals surface area contributed by atoms with E-state index in [0.717, 1.165) is 14.3 Å². The molecule has 2 rings (SSSR count). The van der Waals surface area contributed by atoms with Gasteiger partial charge in [-0.2, -0.15) is 0 Å². The first-order valence-corrected chi connectivity index (χ1v) is 4.98. The first kappa shape index (κ1) is 8.23. The Morgan fingerprint density at radius 1 is 1.33 bits per heavy atom. The summed E-state index contributed by atoms with van der Waals surface area (Å²) in [6.45, 7) is 0. The number of thiophene rings is 1. The molecule has 12 heavy (non-hydrogen) atoms. The van der Waals surface area contributed by atoms with Gasteiger partial charge in [-0.05, 0) is 23.6 Å². The zero-order chi connectivity index (χ0) is 8.72. The fourth-order valence-electron chi connectivity index (χ4n) is 1.06. The second kappa shape index (κ2) is 2.83. The third-order valence-electron chi connectivity index (χ3n) is 1.62. The summed E-state index contributed by atoms with van der Waals surface area (Å²) < 4.78 is 2.11. The highest BCUT2D eigenvalue weighted by Gasteiger charge is 2.02. The molecule has 1 aromatic carbocycles. The zero-order valence-electron chi connectivity index (χ0n) is 6.04. The van der Waals surface area contributed by atoms with Crippen LogP contribution in [0, 0.1) is 0 Å². The van der Waals surface area contributed by atoms with Gasteiger partial charge in [0, 0.05) is 4.70 Å². The van der Waals surface area contributed by atoms with Gasteiger partial charge in [-0.25, -0.2) is 0 Å².